The molecule has 0 aliphatic rings. The van der Waals surface area contributed by atoms with Gasteiger partial charge < -0.3 is 4.90 Å². The molecule has 17 heavy (non-hydrogen) atoms. The van der Waals surface area contributed by atoms with Gasteiger partial charge in [0.05, 0.1) is 5.02 Å². The maximum atomic E-state index is 12.2. The van der Waals surface area contributed by atoms with E-state index in [-0.39, 0.29) is 11.9 Å². The first kappa shape index (κ1) is 14.5. The second-order valence-electron chi connectivity index (χ2n) is 4.53. The molecule has 4 heteroatoms. The van der Waals surface area contributed by atoms with Gasteiger partial charge in [-0.15, -0.1) is 0 Å². The SMILES string of the molecule is CC(C)C(C)N(C)C(=O)c1ccc(Br)c(Cl)c1. The van der Waals surface area contributed by atoms with Crippen molar-refractivity contribution < 1.29 is 4.79 Å². The smallest absolute Gasteiger partial charge is 0.253 e. The Bertz CT molecular complexity index is 420. The van der Waals surface area contributed by atoms with Crippen LogP contribution in [0.1, 0.15) is 31.1 Å². The van der Waals surface area contributed by atoms with Gasteiger partial charge in [-0.2, -0.15) is 0 Å². The second-order valence-corrected chi connectivity index (χ2v) is 5.79. The number of halogens is 2. The van der Waals surface area contributed by atoms with Crippen LogP contribution < -0.4 is 0 Å². The van der Waals surface area contributed by atoms with Gasteiger partial charge in [0.2, 0.25) is 0 Å². The molecule has 1 atom stereocenters. The molecular formula is C13H17BrClNO. The number of nitrogens with zero attached hydrogens (tertiary/aromatic N) is 1. The van der Waals surface area contributed by atoms with Crippen molar-refractivity contribution in [2.45, 2.75) is 26.8 Å². The molecule has 0 fully saturated rings. The van der Waals surface area contributed by atoms with E-state index >= 15 is 0 Å². The summed E-state index contributed by atoms with van der Waals surface area (Å²) in [5.74, 6) is 0.426. The standard InChI is InChI=1S/C13H17BrClNO/c1-8(2)9(3)16(4)13(17)10-5-6-11(14)12(15)7-10/h5-9H,1-4H3. The summed E-state index contributed by atoms with van der Waals surface area (Å²) in [5.41, 5.74) is 0.619. The summed E-state index contributed by atoms with van der Waals surface area (Å²) in [6, 6.07) is 5.47. The molecule has 1 amide bonds. The van der Waals surface area contributed by atoms with Gasteiger partial charge in [-0.25, -0.2) is 0 Å². The van der Waals surface area contributed by atoms with Crippen molar-refractivity contribution in [3.8, 4) is 0 Å². The Morgan fingerprint density at radius 1 is 1.35 bits per heavy atom. The van der Waals surface area contributed by atoms with Gasteiger partial charge in [-0.1, -0.05) is 25.4 Å². The van der Waals surface area contributed by atoms with E-state index in [1.807, 2.05) is 14.0 Å². The highest BCUT2D eigenvalue weighted by molar-refractivity contribution is 9.10. The zero-order valence-corrected chi connectivity index (χ0v) is 12.8. The van der Waals surface area contributed by atoms with Crippen molar-refractivity contribution in [3.63, 3.8) is 0 Å². The van der Waals surface area contributed by atoms with E-state index in [4.69, 9.17) is 11.6 Å². The molecule has 0 saturated carbocycles. The van der Waals surface area contributed by atoms with Crippen molar-refractivity contribution in [1.82, 2.24) is 4.90 Å². The summed E-state index contributed by atoms with van der Waals surface area (Å²) in [6.45, 7) is 6.25. The molecule has 0 heterocycles. The molecule has 1 aromatic rings. The maximum Gasteiger partial charge on any atom is 0.253 e. The van der Waals surface area contributed by atoms with Gasteiger partial charge in [0.15, 0.2) is 0 Å². The average Bonchev–Trinajstić information content (AvgIpc) is 2.29. The van der Waals surface area contributed by atoms with E-state index in [0.29, 0.717) is 16.5 Å². The van der Waals surface area contributed by atoms with E-state index in [2.05, 4.69) is 29.8 Å². The van der Waals surface area contributed by atoms with E-state index < -0.39 is 0 Å². The first-order valence-electron chi connectivity index (χ1n) is 5.56. The molecule has 0 bridgehead atoms. The maximum absolute atomic E-state index is 12.2. The highest BCUT2D eigenvalue weighted by atomic mass is 79.9. The number of benzene rings is 1. The predicted octanol–water partition coefficient (Wildman–Crippen LogP) is 4.22. The topological polar surface area (TPSA) is 20.3 Å². The molecule has 0 aromatic heterocycles. The summed E-state index contributed by atoms with van der Waals surface area (Å²) in [7, 11) is 1.82. The normalized spacial score (nSPS) is 12.6. The Morgan fingerprint density at radius 2 is 1.94 bits per heavy atom. The lowest BCUT2D eigenvalue weighted by Crippen LogP contribution is -2.38. The molecule has 1 aromatic carbocycles. The number of amides is 1. The third-order valence-electron chi connectivity index (χ3n) is 3.06. The van der Waals surface area contributed by atoms with Gasteiger partial charge in [-0.05, 0) is 47.0 Å². The molecular weight excluding hydrogens is 302 g/mol. The van der Waals surface area contributed by atoms with Crippen LogP contribution in [0, 0.1) is 5.92 Å². The Labute approximate surface area is 116 Å². The predicted molar refractivity (Wildman–Crippen MR) is 75.5 cm³/mol. The van der Waals surface area contributed by atoms with E-state index in [1.165, 1.54) is 0 Å². The molecule has 1 rings (SSSR count). The van der Waals surface area contributed by atoms with Crippen LogP contribution in [0.2, 0.25) is 5.02 Å². The van der Waals surface area contributed by atoms with Crippen LogP contribution in [-0.4, -0.2) is 23.9 Å². The highest BCUT2D eigenvalue weighted by Gasteiger charge is 2.20. The van der Waals surface area contributed by atoms with Crippen molar-refractivity contribution in [2.24, 2.45) is 5.92 Å². The summed E-state index contributed by atoms with van der Waals surface area (Å²) in [5, 5.41) is 0.557. The Balaban J connectivity index is 2.92. The third kappa shape index (κ3) is 3.46. The van der Waals surface area contributed by atoms with Crippen LogP contribution >= 0.6 is 27.5 Å². The zero-order chi connectivity index (χ0) is 13.2. The van der Waals surface area contributed by atoms with E-state index in [0.717, 1.165) is 4.47 Å². The largest absolute Gasteiger partial charge is 0.339 e. The molecule has 0 saturated heterocycles. The Morgan fingerprint density at radius 3 is 2.41 bits per heavy atom. The fourth-order valence-corrected chi connectivity index (χ4v) is 1.89. The quantitative estimate of drug-likeness (QED) is 0.817. The third-order valence-corrected chi connectivity index (χ3v) is 4.30. The summed E-state index contributed by atoms with van der Waals surface area (Å²) in [4.78, 5) is 14.0. The number of carbonyl (C=O) groups is 1. The molecule has 0 aliphatic heterocycles. The number of hydrogen-bond acceptors (Lipinski definition) is 1. The molecule has 0 N–H and O–H groups in total. The fourth-order valence-electron chi connectivity index (χ4n) is 1.46. The first-order valence-corrected chi connectivity index (χ1v) is 6.74. The van der Waals surface area contributed by atoms with Crippen molar-refractivity contribution in [1.29, 1.82) is 0 Å². The fraction of sp³-hybridized carbons (Fsp3) is 0.462. The van der Waals surface area contributed by atoms with Crippen molar-refractivity contribution in [2.75, 3.05) is 7.05 Å². The van der Waals surface area contributed by atoms with Gasteiger partial charge in [0, 0.05) is 23.1 Å². The molecule has 0 radical (unpaired) electrons. The first-order chi connectivity index (χ1) is 7.84. The highest BCUT2D eigenvalue weighted by Crippen LogP contribution is 2.24. The van der Waals surface area contributed by atoms with Gasteiger partial charge in [0.1, 0.15) is 0 Å². The van der Waals surface area contributed by atoms with Crippen LogP contribution in [0.15, 0.2) is 22.7 Å². The van der Waals surface area contributed by atoms with Crippen LogP contribution in [0.25, 0.3) is 0 Å². The van der Waals surface area contributed by atoms with Crippen LogP contribution in [-0.2, 0) is 0 Å². The van der Waals surface area contributed by atoms with Crippen molar-refractivity contribution >= 4 is 33.4 Å². The number of rotatable bonds is 3. The summed E-state index contributed by atoms with van der Waals surface area (Å²) >= 11 is 9.30. The Kier molecular flexibility index (Phi) is 5.02. The summed E-state index contributed by atoms with van der Waals surface area (Å²) in [6.07, 6.45) is 0. The minimum absolute atomic E-state index is 0.000556. The second kappa shape index (κ2) is 5.87. The lowest BCUT2D eigenvalue weighted by atomic mass is 10.0. The minimum atomic E-state index is 0.000556. The van der Waals surface area contributed by atoms with E-state index in [9.17, 15) is 4.79 Å². The molecule has 0 spiro atoms. The van der Waals surface area contributed by atoms with Gasteiger partial charge in [-0.3, -0.25) is 4.79 Å². The molecule has 94 valence electrons. The molecule has 2 nitrogen and oxygen atoms in total. The monoisotopic (exact) mass is 317 g/mol. The number of hydrogen-bond donors (Lipinski definition) is 0. The van der Waals surface area contributed by atoms with Crippen LogP contribution in [0.5, 0.6) is 0 Å². The Hall–Kier alpha value is -0.540. The minimum Gasteiger partial charge on any atom is -0.339 e. The van der Waals surface area contributed by atoms with E-state index in [1.54, 1.807) is 23.1 Å². The molecule has 0 aliphatic carbocycles. The van der Waals surface area contributed by atoms with Crippen molar-refractivity contribution in [3.05, 3.63) is 33.3 Å². The van der Waals surface area contributed by atoms with Crippen LogP contribution in [0.3, 0.4) is 0 Å². The average molecular weight is 319 g/mol. The number of carbonyl (C=O) groups excluding carboxylic acids is 1. The van der Waals surface area contributed by atoms with Gasteiger partial charge >= 0.3 is 0 Å². The lowest BCUT2D eigenvalue weighted by Gasteiger charge is -2.28. The lowest BCUT2D eigenvalue weighted by molar-refractivity contribution is 0.0707. The van der Waals surface area contributed by atoms with Crippen LogP contribution in [0.4, 0.5) is 0 Å². The molecule has 1 unspecified atom stereocenters. The summed E-state index contributed by atoms with van der Waals surface area (Å²) < 4.78 is 0.801. The zero-order valence-electron chi connectivity index (χ0n) is 10.5. The van der Waals surface area contributed by atoms with Gasteiger partial charge in [0.25, 0.3) is 5.91 Å².